The van der Waals surface area contributed by atoms with E-state index in [4.69, 9.17) is 14.1 Å². The van der Waals surface area contributed by atoms with Gasteiger partial charge in [0.15, 0.2) is 11.5 Å². The number of nitrogens with zero attached hydrogens (tertiary/aromatic N) is 6. The molecule has 0 N–H and O–H groups in total. The molecule has 4 heterocycles. The molecule has 6 rings (SSSR count). The largest absolute Gasteiger partial charge is 0.497 e. The molecular weight excluding hydrogens is 432 g/mol. The molecule has 170 valence electrons. The number of amides is 1. The molecule has 1 fully saturated rings. The van der Waals surface area contributed by atoms with Gasteiger partial charge in [-0.15, -0.1) is 10.2 Å². The molecule has 0 radical (unpaired) electrons. The normalized spacial score (nSPS) is 14.1. The molecule has 34 heavy (non-hydrogen) atoms. The van der Waals surface area contributed by atoms with Crippen molar-refractivity contribution in [2.24, 2.45) is 0 Å². The summed E-state index contributed by atoms with van der Waals surface area (Å²) in [5.41, 5.74) is 3.10. The minimum Gasteiger partial charge on any atom is -0.497 e. The zero-order valence-corrected chi connectivity index (χ0v) is 18.6. The number of hydrogen-bond donors (Lipinski definition) is 0. The summed E-state index contributed by atoms with van der Waals surface area (Å²) in [6.07, 6.45) is 3.01. The lowest BCUT2D eigenvalue weighted by Crippen LogP contribution is -2.49. The highest BCUT2D eigenvalue weighted by atomic mass is 16.5. The first-order chi connectivity index (χ1) is 16.7. The minimum absolute atomic E-state index is 0.0202. The van der Waals surface area contributed by atoms with Crippen LogP contribution >= 0.6 is 0 Å². The first-order valence-electron chi connectivity index (χ1n) is 11.1. The number of fused-ring (bicyclic) bond motifs is 3. The van der Waals surface area contributed by atoms with Gasteiger partial charge in [-0.1, -0.05) is 12.1 Å². The summed E-state index contributed by atoms with van der Waals surface area (Å²) in [5.74, 6) is 2.23. The smallest absolute Gasteiger partial charge is 0.257 e. The molecule has 9 nitrogen and oxygen atoms in total. The molecule has 0 unspecified atom stereocenters. The van der Waals surface area contributed by atoms with E-state index in [0.717, 1.165) is 33.8 Å². The lowest BCUT2D eigenvalue weighted by Gasteiger charge is -2.35. The number of hydrogen-bond acceptors (Lipinski definition) is 7. The van der Waals surface area contributed by atoms with Crippen LogP contribution in [0.1, 0.15) is 10.4 Å². The number of benzene rings is 2. The maximum atomic E-state index is 12.7. The zero-order chi connectivity index (χ0) is 23.1. The van der Waals surface area contributed by atoms with E-state index in [-0.39, 0.29) is 5.91 Å². The van der Waals surface area contributed by atoms with Crippen LogP contribution in [0, 0.1) is 0 Å². The van der Waals surface area contributed by atoms with Gasteiger partial charge >= 0.3 is 0 Å². The predicted molar refractivity (Wildman–Crippen MR) is 127 cm³/mol. The fraction of sp³-hybridized carbons (Fsp3) is 0.200. The van der Waals surface area contributed by atoms with E-state index in [1.807, 2.05) is 57.8 Å². The summed E-state index contributed by atoms with van der Waals surface area (Å²) in [4.78, 5) is 21.8. The van der Waals surface area contributed by atoms with Crippen LogP contribution in [0.4, 0.5) is 5.95 Å². The highest BCUT2D eigenvalue weighted by Gasteiger charge is 2.26. The fourth-order valence-electron chi connectivity index (χ4n) is 4.38. The number of furan rings is 1. The van der Waals surface area contributed by atoms with Gasteiger partial charge in [0.25, 0.3) is 5.91 Å². The van der Waals surface area contributed by atoms with Crippen LogP contribution in [0.5, 0.6) is 5.75 Å². The van der Waals surface area contributed by atoms with Crippen LogP contribution in [0.25, 0.3) is 27.9 Å². The van der Waals surface area contributed by atoms with E-state index in [9.17, 15) is 4.79 Å². The second kappa shape index (κ2) is 8.18. The highest BCUT2D eigenvalue weighted by Crippen LogP contribution is 2.29. The van der Waals surface area contributed by atoms with Gasteiger partial charge in [-0.2, -0.15) is 0 Å². The Balaban J connectivity index is 1.41. The van der Waals surface area contributed by atoms with Gasteiger partial charge in [-0.25, -0.2) is 9.38 Å². The summed E-state index contributed by atoms with van der Waals surface area (Å²) in [6, 6.07) is 17.4. The molecule has 1 saturated heterocycles. The lowest BCUT2D eigenvalue weighted by molar-refractivity contribution is 0.0745. The lowest BCUT2D eigenvalue weighted by atomic mass is 10.2. The third-order valence-corrected chi connectivity index (χ3v) is 6.19. The van der Waals surface area contributed by atoms with Crippen LogP contribution in [-0.4, -0.2) is 63.7 Å². The number of carbonyl (C=O) groups is 1. The topological polar surface area (TPSA) is 89.0 Å². The van der Waals surface area contributed by atoms with Crippen molar-refractivity contribution in [1.82, 2.24) is 24.5 Å². The number of anilines is 1. The van der Waals surface area contributed by atoms with Crippen LogP contribution in [0.3, 0.4) is 0 Å². The van der Waals surface area contributed by atoms with Gasteiger partial charge in [0.1, 0.15) is 12.0 Å². The summed E-state index contributed by atoms with van der Waals surface area (Å²) >= 11 is 0. The molecule has 0 aliphatic carbocycles. The number of piperazine rings is 1. The van der Waals surface area contributed by atoms with Crippen molar-refractivity contribution in [2.45, 2.75) is 0 Å². The Hall–Kier alpha value is -4.40. The molecule has 1 aliphatic rings. The molecule has 3 aromatic heterocycles. The number of ether oxygens (including phenoxy) is 1. The van der Waals surface area contributed by atoms with E-state index in [1.54, 1.807) is 13.2 Å². The first-order valence-corrected chi connectivity index (χ1v) is 11.1. The van der Waals surface area contributed by atoms with Crippen molar-refractivity contribution in [3.63, 3.8) is 0 Å². The van der Waals surface area contributed by atoms with Gasteiger partial charge < -0.3 is 19.0 Å². The van der Waals surface area contributed by atoms with E-state index < -0.39 is 0 Å². The fourth-order valence-corrected chi connectivity index (χ4v) is 4.38. The molecule has 0 atom stereocenters. The maximum absolute atomic E-state index is 12.7. The Kier molecular flexibility index (Phi) is 4.87. The Labute approximate surface area is 195 Å². The number of para-hydroxylation sites is 1. The third kappa shape index (κ3) is 3.33. The minimum atomic E-state index is -0.0202. The molecule has 0 bridgehead atoms. The van der Waals surface area contributed by atoms with Crippen molar-refractivity contribution in [3.8, 4) is 17.1 Å². The SMILES string of the molecule is COc1ccc(-c2nnc3c4ccccc4nc(N4CCN(C(=O)c5ccoc5)CC4)n23)cc1. The van der Waals surface area contributed by atoms with Crippen molar-refractivity contribution in [3.05, 3.63) is 72.7 Å². The maximum Gasteiger partial charge on any atom is 0.257 e. The molecule has 5 aromatic rings. The predicted octanol–water partition coefficient (Wildman–Crippen LogP) is 3.51. The standard InChI is InChI=1S/C25H22N6O3/c1-33-19-8-6-17(7-9-19)22-27-28-23-20-4-2-3-5-21(20)26-25(31(22)23)30-13-11-29(12-14-30)24(32)18-10-15-34-16-18/h2-10,15-16H,11-14H2,1H3. The van der Waals surface area contributed by atoms with E-state index in [1.165, 1.54) is 12.5 Å². The van der Waals surface area contributed by atoms with Crippen LogP contribution in [0.15, 0.2) is 71.5 Å². The van der Waals surface area contributed by atoms with Gasteiger partial charge in [-0.05, 0) is 42.5 Å². The van der Waals surface area contributed by atoms with Crippen molar-refractivity contribution in [2.75, 3.05) is 38.2 Å². The number of rotatable bonds is 4. The molecule has 0 saturated carbocycles. The van der Waals surface area contributed by atoms with Crippen molar-refractivity contribution >= 4 is 28.4 Å². The summed E-state index contributed by atoms with van der Waals surface area (Å²) in [7, 11) is 1.65. The molecule has 1 aliphatic heterocycles. The third-order valence-electron chi connectivity index (χ3n) is 6.19. The summed E-state index contributed by atoms with van der Waals surface area (Å²) in [6.45, 7) is 2.45. The second-order valence-electron chi connectivity index (χ2n) is 8.13. The Bertz CT molecular complexity index is 1470. The molecule has 0 spiro atoms. The van der Waals surface area contributed by atoms with Crippen molar-refractivity contribution in [1.29, 1.82) is 0 Å². The first kappa shape index (κ1) is 20.2. The molecule has 2 aromatic carbocycles. The molecule has 9 heteroatoms. The van der Waals surface area contributed by atoms with E-state index >= 15 is 0 Å². The number of carbonyl (C=O) groups excluding carboxylic acids is 1. The quantitative estimate of drug-likeness (QED) is 0.411. The molecule has 1 amide bonds. The zero-order valence-electron chi connectivity index (χ0n) is 18.6. The van der Waals surface area contributed by atoms with Crippen LogP contribution < -0.4 is 9.64 Å². The van der Waals surface area contributed by atoms with E-state index in [2.05, 4.69) is 15.1 Å². The van der Waals surface area contributed by atoms with Gasteiger partial charge in [0.05, 0.1) is 24.5 Å². The average molecular weight is 454 g/mol. The molecular formula is C25H22N6O3. The Morgan fingerprint density at radius 3 is 2.50 bits per heavy atom. The average Bonchev–Trinajstić information content (AvgIpc) is 3.59. The number of aromatic nitrogens is 4. The van der Waals surface area contributed by atoms with Gasteiger partial charge in [0.2, 0.25) is 5.95 Å². The van der Waals surface area contributed by atoms with Gasteiger partial charge in [-0.3, -0.25) is 4.79 Å². The number of methoxy groups -OCH3 is 1. The van der Waals surface area contributed by atoms with Crippen LogP contribution in [0.2, 0.25) is 0 Å². The highest BCUT2D eigenvalue weighted by molar-refractivity contribution is 5.94. The monoisotopic (exact) mass is 454 g/mol. The Morgan fingerprint density at radius 2 is 1.76 bits per heavy atom. The Morgan fingerprint density at radius 1 is 0.971 bits per heavy atom. The van der Waals surface area contributed by atoms with E-state index in [0.29, 0.717) is 37.6 Å². The van der Waals surface area contributed by atoms with Crippen molar-refractivity contribution < 1.29 is 13.9 Å². The van der Waals surface area contributed by atoms with Gasteiger partial charge in [0, 0.05) is 37.1 Å². The summed E-state index contributed by atoms with van der Waals surface area (Å²) < 4.78 is 12.4. The summed E-state index contributed by atoms with van der Waals surface area (Å²) in [5, 5.41) is 10.0. The second-order valence-corrected chi connectivity index (χ2v) is 8.13. The van der Waals surface area contributed by atoms with Crippen LogP contribution in [-0.2, 0) is 0 Å².